The van der Waals surface area contributed by atoms with Crippen LogP contribution in [0.15, 0.2) is 0 Å². The molecule has 0 aliphatic heterocycles. The van der Waals surface area contributed by atoms with Crippen molar-refractivity contribution in [3.8, 4) is 0 Å². The molecule has 1 saturated carbocycles. The Morgan fingerprint density at radius 3 is 1.60 bits per heavy atom. The predicted octanol–water partition coefficient (Wildman–Crippen LogP) is 5.26. The third-order valence-electron chi connectivity index (χ3n) is 4.40. The topological polar surface area (TPSA) is 0 Å². The van der Waals surface area contributed by atoms with Gasteiger partial charge in [-0.3, -0.25) is 0 Å². The van der Waals surface area contributed by atoms with Crippen molar-refractivity contribution < 1.29 is 0 Å². The minimum absolute atomic E-state index is 0.489. The standard InChI is InChI=1S/C14H27Br/c1-13(2,3)11-6-8-12(9-7-11)14(4,5)10-15/h11-12H,6-10H2,1-5H3. The molecule has 0 aromatic heterocycles. The minimum atomic E-state index is 0.489. The summed E-state index contributed by atoms with van der Waals surface area (Å²) >= 11 is 3.66. The Labute approximate surface area is 104 Å². The van der Waals surface area contributed by atoms with E-state index in [1.165, 1.54) is 25.7 Å². The molecule has 1 aliphatic rings. The van der Waals surface area contributed by atoms with Crippen LogP contribution in [0, 0.1) is 22.7 Å². The normalized spacial score (nSPS) is 29.2. The molecule has 1 heteroatoms. The summed E-state index contributed by atoms with van der Waals surface area (Å²) in [6.45, 7) is 12.0. The van der Waals surface area contributed by atoms with Crippen LogP contribution < -0.4 is 0 Å². The molecule has 1 fully saturated rings. The Hall–Kier alpha value is 0.480. The number of hydrogen-bond acceptors (Lipinski definition) is 0. The van der Waals surface area contributed by atoms with Gasteiger partial charge < -0.3 is 0 Å². The summed E-state index contributed by atoms with van der Waals surface area (Å²) < 4.78 is 0. The molecular weight excluding hydrogens is 248 g/mol. The van der Waals surface area contributed by atoms with E-state index in [0.717, 1.165) is 17.2 Å². The lowest BCUT2D eigenvalue weighted by atomic mass is 9.64. The van der Waals surface area contributed by atoms with E-state index in [4.69, 9.17) is 0 Å². The first-order valence-electron chi connectivity index (χ1n) is 6.33. The van der Waals surface area contributed by atoms with Crippen molar-refractivity contribution >= 4 is 15.9 Å². The molecule has 0 heterocycles. The van der Waals surface area contributed by atoms with Crippen LogP contribution in [0.2, 0.25) is 0 Å². The van der Waals surface area contributed by atoms with E-state index in [9.17, 15) is 0 Å². The molecule has 0 saturated heterocycles. The van der Waals surface area contributed by atoms with Gasteiger partial charge in [0, 0.05) is 5.33 Å². The van der Waals surface area contributed by atoms with E-state index < -0.39 is 0 Å². The maximum absolute atomic E-state index is 3.66. The van der Waals surface area contributed by atoms with E-state index in [-0.39, 0.29) is 0 Å². The lowest BCUT2D eigenvalue weighted by Gasteiger charge is -2.42. The highest BCUT2D eigenvalue weighted by atomic mass is 79.9. The van der Waals surface area contributed by atoms with Crippen LogP contribution >= 0.6 is 15.9 Å². The summed E-state index contributed by atoms with van der Waals surface area (Å²) in [6.07, 6.45) is 5.73. The highest BCUT2D eigenvalue weighted by Crippen LogP contribution is 2.45. The molecule has 90 valence electrons. The van der Waals surface area contributed by atoms with Gasteiger partial charge in [-0.1, -0.05) is 50.5 Å². The number of alkyl halides is 1. The first kappa shape index (κ1) is 13.5. The number of rotatable bonds is 2. The summed E-state index contributed by atoms with van der Waals surface area (Å²) in [7, 11) is 0. The van der Waals surface area contributed by atoms with Gasteiger partial charge in [-0.05, 0) is 48.3 Å². The van der Waals surface area contributed by atoms with Gasteiger partial charge in [0.15, 0.2) is 0 Å². The quantitative estimate of drug-likeness (QED) is 0.603. The number of halogens is 1. The van der Waals surface area contributed by atoms with Crippen LogP contribution in [0.25, 0.3) is 0 Å². The van der Waals surface area contributed by atoms with Crippen molar-refractivity contribution in [3.63, 3.8) is 0 Å². The maximum atomic E-state index is 3.66. The third kappa shape index (κ3) is 3.47. The first-order valence-corrected chi connectivity index (χ1v) is 7.45. The Balaban J connectivity index is 2.50. The van der Waals surface area contributed by atoms with Gasteiger partial charge in [0.05, 0.1) is 0 Å². The molecule has 1 rings (SSSR count). The van der Waals surface area contributed by atoms with Gasteiger partial charge in [-0.25, -0.2) is 0 Å². The van der Waals surface area contributed by atoms with Crippen molar-refractivity contribution in [2.45, 2.75) is 60.3 Å². The zero-order valence-corrected chi connectivity index (χ0v) is 12.7. The lowest BCUT2D eigenvalue weighted by Crippen LogP contribution is -2.33. The monoisotopic (exact) mass is 274 g/mol. The lowest BCUT2D eigenvalue weighted by molar-refractivity contribution is 0.0997. The SMILES string of the molecule is CC(C)(C)C1CCC(C(C)(C)CBr)CC1. The van der Waals surface area contributed by atoms with Crippen molar-refractivity contribution in [1.82, 2.24) is 0 Å². The largest absolute Gasteiger partial charge is 0.0922 e. The molecule has 0 bridgehead atoms. The smallest absolute Gasteiger partial charge is 0.00853 e. The summed E-state index contributed by atoms with van der Waals surface area (Å²) in [5, 5.41) is 1.14. The van der Waals surface area contributed by atoms with Gasteiger partial charge in [-0.15, -0.1) is 0 Å². The van der Waals surface area contributed by atoms with Crippen molar-refractivity contribution in [2.75, 3.05) is 5.33 Å². The highest BCUT2D eigenvalue weighted by Gasteiger charge is 2.35. The van der Waals surface area contributed by atoms with Crippen molar-refractivity contribution in [1.29, 1.82) is 0 Å². The van der Waals surface area contributed by atoms with E-state index in [2.05, 4.69) is 50.5 Å². The summed E-state index contributed by atoms with van der Waals surface area (Å²) in [6, 6.07) is 0. The fourth-order valence-electron chi connectivity index (χ4n) is 2.85. The van der Waals surface area contributed by atoms with Crippen LogP contribution in [0.1, 0.15) is 60.3 Å². The molecule has 0 spiro atoms. The summed E-state index contributed by atoms with van der Waals surface area (Å²) in [4.78, 5) is 0. The fraction of sp³-hybridized carbons (Fsp3) is 1.00. The minimum Gasteiger partial charge on any atom is -0.0922 e. The van der Waals surface area contributed by atoms with E-state index >= 15 is 0 Å². The van der Waals surface area contributed by atoms with Gasteiger partial charge in [-0.2, -0.15) is 0 Å². The van der Waals surface area contributed by atoms with Gasteiger partial charge in [0.2, 0.25) is 0 Å². The second-order valence-corrected chi connectivity index (χ2v) is 7.60. The molecule has 0 N–H and O–H groups in total. The van der Waals surface area contributed by atoms with E-state index in [1.54, 1.807) is 0 Å². The Bertz CT molecular complexity index is 192. The predicted molar refractivity (Wildman–Crippen MR) is 72.5 cm³/mol. The number of hydrogen-bond donors (Lipinski definition) is 0. The van der Waals surface area contributed by atoms with Gasteiger partial charge in [0.1, 0.15) is 0 Å². The Morgan fingerprint density at radius 2 is 1.27 bits per heavy atom. The van der Waals surface area contributed by atoms with Gasteiger partial charge >= 0.3 is 0 Å². The average Bonchev–Trinajstić information content (AvgIpc) is 2.17. The zero-order chi connectivity index (χ0) is 11.7. The molecule has 0 unspecified atom stereocenters. The van der Waals surface area contributed by atoms with Crippen LogP contribution in [0.3, 0.4) is 0 Å². The fourth-order valence-corrected chi connectivity index (χ4v) is 3.31. The molecule has 0 nitrogen and oxygen atoms in total. The first-order chi connectivity index (χ1) is 6.77. The Morgan fingerprint density at radius 1 is 0.867 bits per heavy atom. The van der Waals surface area contributed by atoms with Crippen LogP contribution in [0.5, 0.6) is 0 Å². The summed E-state index contributed by atoms with van der Waals surface area (Å²) in [5.74, 6) is 1.87. The molecule has 0 amide bonds. The maximum Gasteiger partial charge on any atom is 0.00853 e. The molecule has 0 aromatic rings. The van der Waals surface area contributed by atoms with Crippen molar-refractivity contribution in [2.24, 2.45) is 22.7 Å². The molecular formula is C14H27Br. The molecule has 1 aliphatic carbocycles. The van der Waals surface area contributed by atoms with E-state index in [1.807, 2.05) is 0 Å². The molecule has 15 heavy (non-hydrogen) atoms. The molecule has 0 aromatic carbocycles. The highest BCUT2D eigenvalue weighted by molar-refractivity contribution is 9.09. The second-order valence-electron chi connectivity index (χ2n) is 7.04. The molecule has 0 atom stereocenters. The van der Waals surface area contributed by atoms with Crippen LogP contribution in [-0.2, 0) is 0 Å². The van der Waals surface area contributed by atoms with Crippen molar-refractivity contribution in [3.05, 3.63) is 0 Å². The zero-order valence-electron chi connectivity index (χ0n) is 11.1. The summed E-state index contributed by atoms with van der Waals surface area (Å²) in [5.41, 5.74) is 1.01. The van der Waals surface area contributed by atoms with Gasteiger partial charge in [0.25, 0.3) is 0 Å². The van der Waals surface area contributed by atoms with Crippen LogP contribution in [-0.4, -0.2) is 5.33 Å². The Kier molecular flexibility index (Phi) is 4.31. The average molecular weight is 275 g/mol. The third-order valence-corrected chi connectivity index (χ3v) is 5.85. The van der Waals surface area contributed by atoms with E-state index in [0.29, 0.717) is 10.8 Å². The van der Waals surface area contributed by atoms with Crippen LogP contribution in [0.4, 0.5) is 0 Å². The molecule has 0 radical (unpaired) electrons. The second kappa shape index (κ2) is 4.77.